The highest BCUT2D eigenvalue weighted by Crippen LogP contribution is 2.40. The minimum absolute atomic E-state index is 0.0773. The maximum Gasteiger partial charge on any atom is 0.330 e. The number of hydrogen-bond acceptors (Lipinski definition) is 7. The van der Waals surface area contributed by atoms with Crippen molar-refractivity contribution in [2.75, 3.05) is 34.7 Å². The molecule has 5 rings (SSSR count). The van der Waals surface area contributed by atoms with Gasteiger partial charge in [0.2, 0.25) is 11.9 Å². The molecule has 10 heteroatoms. The third-order valence-corrected chi connectivity index (χ3v) is 6.01. The van der Waals surface area contributed by atoms with Gasteiger partial charge in [-0.2, -0.15) is 4.98 Å². The fraction of sp³-hybridized carbons (Fsp3) is 0.231. The van der Waals surface area contributed by atoms with Gasteiger partial charge in [0, 0.05) is 36.0 Å². The van der Waals surface area contributed by atoms with Crippen molar-refractivity contribution in [1.29, 1.82) is 0 Å². The Hall–Kier alpha value is -4.60. The number of anilines is 5. The van der Waals surface area contributed by atoms with Crippen molar-refractivity contribution in [2.24, 2.45) is 0 Å². The quantitative estimate of drug-likeness (QED) is 0.452. The summed E-state index contributed by atoms with van der Waals surface area (Å²) in [5.74, 6) is 1.77. The van der Waals surface area contributed by atoms with E-state index in [9.17, 15) is 9.59 Å². The van der Waals surface area contributed by atoms with Gasteiger partial charge in [0.15, 0.2) is 0 Å². The first-order valence-corrected chi connectivity index (χ1v) is 11.5. The van der Waals surface area contributed by atoms with Gasteiger partial charge in [-0.25, -0.2) is 9.78 Å². The molecule has 0 atom stereocenters. The van der Waals surface area contributed by atoms with Crippen LogP contribution in [0.2, 0.25) is 0 Å². The normalized spacial score (nSPS) is 14.7. The molecule has 3 aromatic rings. The summed E-state index contributed by atoms with van der Waals surface area (Å²) in [6.07, 6.45) is 4.74. The fourth-order valence-electron chi connectivity index (χ4n) is 4.05. The van der Waals surface area contributed by atoms with Crippen LogP contribution in [0.1, 0.15) is 18.4 Å². The Bertz CT molecular complexity index is 1320. The molecule has 1 aliphatic carbocycles. The third-order valence-electron chi connectivity index (χ3n) is 6.01. The summed E-state index contributed by atoms with van der Waals surface area (Å²) in [5.41, 5.74) is 2.68. The van der Waals surface area contributed by atoms with E-state index in [0.29, 0.717) is 46.9 Å². The minimum Gasteiger partial charge on any atom is -0.497 e. The molecule has 1 saturated carbocycles. The second-order valence-electron chi connectivity index (χ2n) is 8.45. The number of aromatic nitrogens is 2. The minimum atomic E-state index is -0.324. The van der Waals surface area contributed by atoms with Crippen molar-refractivity contribution in [1.82, 2.24) is 9.97 Å². The number of para-hydroxylation sites is 2. The summed E-state index contributed by atoms with van der Waals surface area (Å²) in [6, 6.07) is 12.5. The molecular formula is C26H26N6O4. The number of amides is 3. The number of urea groups is 1. The van der Waals surface area contributed by atoms with Crippen LogP contribution in [0, 0.1) is 0 Å². The Morgan fingerprint density at radius 2 is 1.81 bits per heavy atom. The topological polar surface area (TPSA) is 109 Å². The number of carbonyl (C=O) groups excluding carboxylic acids is 2. The Morgan fingerprint density at radius 3 is 2.44 bits per heavy atom. The highest BCUT2D eigenvalue weighted by Gasteiger charge is 2.42. The van der Waals surface area contributed by atoms with Crippen LogP contribution in [-0.2, 0) is 11.3 Å². The molecule has 2 aromatic carbocycles. The molecule has 36 heavy (non-hydrogen) atoms. The van der Waals surface area contributed by atoms with E-state index in [-0.39, 0.29) is 18.0 Å². The van der Waals surface area contributed by atoms with Gasteiger partial charge in [0.25, 0.3) is 0 Å². The van der Waals surface area contributed by atoms with Crippen LogP contribution in [-0.4, -0.2) is 42.2 Å². The molecule has 3 amide bonds. The zero-order valence-corrected chi connectivity index (χ0v) is 20.0. The van der Waals surface area contributed by atoms with Crippen LogP contribution in [0.3, 0.4) is 0 Å². The molecule has 2 heterocycles. The number of carbonyl (C=O) groups is 2. The van der Waals surface area contributed by atoms with Gasteiger partial charge >= 0.3 is 6.03 Å². The maximum absolute atomic E-state index is 13.7. The Labute approximate surface area is 208 Å². The van der Waals surface area contributed by atoms with Crippen molar-refractivity contribution in [2.45, 2.75) is 25.4 Å². The summed E-state index contributed by atoms with van der Waals surface area (Å²) in [4.78, 5) is 38.1. The van der Waals surface area contributed by atoms with Crippen LogP contribution >= 0.6 is 0 Å². The first-order chi connectivity index (χ1) is 17.5. The second-order valence-corrected chi connectivity index (χ2v) is 8.45. The number of nitrogens with one attached hydrogen (secondary N) is 2. The van der Waals surface area contributed by atoms with Crippen molar-refractivity contribution >= 4 is 40.8 Å². The standard InChI is InChI=1S/C26H26N6O4/c1-4-23(33)28-21-7-5-6-8-22(21)29-25-27-14-16-15-31(18-11-19(35-2)13-20(12-18)36-3)26(34)32(17-9-10-17)24(16)30-25/h4-8,11-14,17H,1,9-10,15H2,2-3H3,(H,28,33)(H,27,29,30). The molecule has 0 spiro atoms. The molecule has 0 unspecified atom stereocenters. The fourth-order valence-corrected chi connectivity index (χ4v) is 4.05. The predicted octanol–water partition coefficient (Wildman–Crippen LogP) is 4.47. The molecule has 2 aliphatic rings. The first kappa shape index (κ1) is 23.2. The van der Waals surface area contributed by atoms with Crippen LogP contribution in [0.15, 0.2) is 61.3 Å². The third kappa shape index (κ3) is 4.52. The van der Waals surface area contributed by atoms with E-state index in [4.69, 9.17) is 14.5 Å². The number of benzene rings is 2. The van der Waals surface area contributed by atoms with Gasteiger partial charge in [-0.3, -0.25) is 14.6 Å². The molecule has 1 fully saturated rings. The highest BCUT2D eigenvalue weighted by molar-refractivity contribution is 6.06. The smallest absolute Gasteiger partial charge is 0.330 e. The van der Waals surface area contributed by atoms with Crippen molar-refractivity contribution in [3.05, 3.63) is 66.9 Å². The van der Waals surface area contributed by atoms with E-state index in [1.54, 1.807) is 42.3 Å². The van der Waals surface area contributed by atoms with E-state index in [1.807, 2.05) is 30.3 Å². The second kappa shape index (κ2) is 9.57. The Morgan fingerprint density at radius 1 is 1.11 bits per heavy atom. The van der Waals surface area contributed by atoms with Crippen molar-refractivity contribution in [3.63, 3.8) is 0 Å². The Kier molecular flexibility index (Phi) is 6.16. The summed E-state index contributed by atoms with van der Waals surface area (Å²) in [7, 11) is 3.15. The van der Waals surface area contributed by atoms with Gasteiger partial charge < -0.3 is 20.1 Å². The number of fused-ring (bicyclic) bond motifs is 1. The Balaban J connectivity index is 1.48. The molecule has 10 nitrogen and oxygen atoms in total. The zero-order chi connectivity index (χ0) is 25.2. The summed E-state index contributed by atoms with van der Waals surface area (Å²) >= 11 is 0. The van der Waals surface area contributed by atoms with Crippen LogP contribution < -0.4 is 29.9 Å². The van der Waals surface area contributed by atoms with E-state index in [1.165, 1.54) is 6.08 Å². The average Bonchev–Trinajstić information content (AvgIpc) is 3.74. The number of hydrogen-bond donors (Lipinski definition) is 2. The number of methoxy groups -OCH3 is 2. The van der Waals surface area contributed by atoms with Crippen molar-refractivity contribution in [3.8, 4) is 11.5 Å². The lowest BCUT2D eigenvalue weighted by atomic mass is 10.1. The maximum atomic E-state index is 13.7. The first-order valence-electron chi connectivity index (χ1n) is 11.5. The van der Waals surface area contributed by atoms with Gasteiger partial charge in [0.1, 0.15) is 17.3 Å². The predicted molar refractivity (Wildman–Crippen MR) is 137 cm³/mol. The largest absolute Gasteiger partial charge is 0.497 e. The van der Waals surface area contributed by atoms with Gasteiger partial charge in [-0.15, -0.1) is 0 Å². The molecule has 1 aliphatic heterocycles. The molecule has 0 bridgehead atoms. The molecule has 1 aromatic heterocycles. The van der Waals surface area contributed by atoms with Crippen LogP contribution in [0.25, 0.3) is 0 Å². The summed E-state index contributed by atoms with van der Waals surface area (Å²) in [6.45, 7) is 3.80. The highest BCUT2D eigenvalue weighted by atomic mass is 16.5. The van der Waals surface area contributed by atoms with Crippen LogP contribution in [0.4, 0.5) is 33.6 Å². The lowest BCUT2D eigenvalue weighted by Gasteiger charge is -2.36. The van der Waals surface area contributed by atoms with E-state index < -0.39 is 0 Å². The van der Waals surface area contributed by atoms with Crippen LogP contribution in [0.5, 0.6) is 11.5 Å². The number of rotatable bonds is 8. The molecule has 184 valence electrons. The lowest BCUT2D eigenvalue weighted by Crippen LogP contribution is -2.49. The van der Waals surface area contributed by atoms with Gasteiger partial charge in [-0.1, -0.05) is 18.7 Å². The number of ether oxygens (including phenoxy) is 2. The monoisotopic (exact) mass is 486 g/mol. The van der Waals surface area contributed by atoms with Gasteiger partial charge in [-0.05, 0) is 31.1 Å². The average molecular weight is 487 g/mol. The van der Waals surface area contributed by atoms with Crippen molar-refractivity contribution < 1.29 is 19.1 Å². The SMILES string of the molecule is C=CC(=O)Nc1ccccc1Nc1ncc2c(n1)N(C1CC1)C(=O)N(c1cc(OC)cc(OC)c1)C2. The van der Waals surface area contributed by atoms with E-state index in [0.717, 1.165) is 18.4 Å². The van der Waals surface area contributed by atoms with Gasteiger partial charge in [0.05, 0.1) is 37.8 Å². The lowest BCUT2D eigenvalue weighted by molar-refractivity contribution is -0.111. The molecule has 2 N–H and O–H groups in total. The summed E-state index contributed by atoms with van der Waals surface area (Å²) < 4.78 is 10.8. The molecular weight excluding hydrogens is 460 g/mol. The number of nitrogens with zero attached hydrogens (tertiary/aromatic N) is 4. The van der Waals surface area contributed by atoms with E-state index in [2.05, 4.69) is 22.2 Å². The van der Waals surface area contributed by atoms with E-state index >= 15 is 0 Å². The molecule has 0 radical (unpaired) electrons. The molecule has 0 saturated heterocycles. The zero-order valence-electron chi connectivity index (χ0n) is 20.0. The summed E-state index contributed by atoms with van der Waals surface area (Å²) in [5, 5.41) is 5.93.